The number of carbonyl (C=O) groups is 2. The van der Waals surface area contributed by atoms with Crippen LogP contribution in [0.2, 0.25) is 0 Å². The van der Waals surface area contributed by atoms with Crippen molar-refractivity contribution in [2.75, 3.05) is 7.11 Å². The Balaban J connectivity index is 1.92. The predicted molar refractivity (Wildman–Crippen MR) is 113 cm³/mol. The zero-order valence-corrected chi connectivity index (χ0v) is 18.4. The molecule has 0 saturated carbocycles. The van der Waals surface area contributed by atoms with Crippen molar-refractivity contribution in [1.82, 2.24) is 4.90 Å². The summed E-state index contributed by atoms with van der Waals surface area (Å²) in [5, 5.41) is 9.72. The lowest BCUT2D eigenvalue weighted by atomic mass is 10.1. The highest BCUT2D eigenvalue weighted by Gasteiger charge is 2.35. The fourth-order valence-corrected chi connectivity index (χ4v) is 4.31. The molecule has 1 N–H and O–H groups in total. The number of nitrogens with zero attached hydrogens (tertiary/aromatic N) is 1. The van der Waals surface area contributed by atoms with E-state index < -0.39 is 0 Å². The Bertz CT molecular complexity index is 974. The van der Waals surface area contributed by atoms with Crippen LogP contribution in [0.5, 0.6) is 11.5 Å². The largest absolute Gasteiger partial charge is 0.503 e. The summed E-state index contributed by atoms with van der Waals surface area (Å²) in [6.07, 6.45) is 1.61. The molecule has 1 aliphatic rings. The third-order valence-corrected chi connectivity index (χ3v) is 7.04. The molecule has 0 atom stereocenters. The minimum absolute atomic E-state index is 0.0472. The van der Waals surface area contributed by atoms with E-state index >= 15 is 0 Å². The summed E-state index contributed by atoms with van der Waals surface area (Å²) >= 11 is 7.56. The number of phenols is 1. The van der Waals surface area contributed by atoms with E-state index in [0.29, 0.717) is 19.4 Å². The van der Waals surface area contributed by atoms with Gasteiger partial charge in [0, 0.05) is 4.47 Å². The SMILES string of the molecule is COc1cc(/C=C2\SC(=O)N(Cc3cccc(C)c3)C2=O)c(Br)c(Br)c1O. The van der Waals surface area contributed by atoms with Crippen molar-refractivity contribution >= 4 is 60.8 Å². The number of methoxy groups -OCH3 is 1. The monoisotopic (exact) mass is 511 g/mol. The number of rotatable bonds is 4. The Morgan fingerprint density at radius 1 is 1.22 bits per heavy atom. The number of phenolic OH excluding ortho intramolecular Hbond substituents is 1. The van der Waals surface area contributed by atoms with Crippen LogP contribution in [-0.4, -0.2) is 28.3 Å². The molecule has 140 valence electrons. The quantitative estimate of drug-likeness (QED) is 0.550. The number of hydrogen-bond donors (Lipinski definition) is 1. The van der Waals surface area contributed by atoms with Crippen molar-refractivity contribution in [3.8, 4) is 11.5 Å². The van der Waals surface area contributed by atoms with Gasteiger partial charge < -0.3 is 9.84 Å². The van der Waals surface area contributed by atoms with Crippen LogP contribution in [0.15, 0.2) is 44.2 Å². The average molecular weight is 513 g/mol. The Kier molecular flexibility index (Phi) is 5.98. The Labute approximate surface area is 177 Å². The lowest BCUT2D eigenvalue weighted by Gasteiger charge is -2.13. The minimum atomic E-state index is -0.346. The number of carbonyl (C=O) groups excluding carboxylic acids is 2. The van der Waals surface area contributed by atoms with Gasteiger partial charge in [-0.25, -0.2) is 0 Å². The van der Waals surface area contributed by atoms with Crippen LogP contribution < -0.4 is 4.74 Å². The van der Waals surface area contributed by atoms with E-state index in [9.17, 15) is 14.7 Å². The van der Waals surface area contributed by atoms with Crippen LogP contribution in [0.3, 0.4) is 0 Å². The molecule has 0 unspecified atom stereocenters. The highest BCUT2D eigenvalue weighted by Crippen LogP contribution is 2.43. The molecule has 0 bridgehead atoms. The van der Waals surface area contributed by atoms with Gasteiger partial charge >= 0.3 is 0 Å². The van der Waals surface area contributed by atoms with Gasteiger partial charge in [0.05, 0.1) is 23.0 Å². The average Bonchev–Trinajstić information content (AvgIpc) is 2.89. The highest BCUT2D eigenvalue weighted by molar-refractivity contribution is 9.13. The Hall–Kier alpha value is -1.77. The van der Waals surface area contributed by atoms with E-state index in [0.717, 1.165) is 22.9 Å². The number of imide groups is 1. The summed E-state index contributed by atoms with van der Waals surface area (Å²) in [4.78, 5) is 26.6. The predicted octanol–water partition coefficient (Wildman–Crippen LogP) is 5.47. The van der Waals surface area contributed by atoms with Crippen LogP contribution in [0, 0.1) is 6.92 Å². The van der Waals surface area contributed by atoms with Crippen molar-refractivity contribution in [2.45, 2.75) is 13.5 Å². The van der Waals surface area contributed by atoms with Crippen molar-refractivity contribution < 1.29 is 19.4 Å². The maximum atomic E-state index is 12.7. The number of thioether (sulfide) groups is 1. The fraction of sp³-hybridized carbons (Fsp3) is 0.158. The fourth-order valence-electron chi connectivity index (χ4n) is 2.64. The van der Waals surface area contributed by atoms with Crippen molar-refractivity contribution in [1.29, 1.82) is 0 Å². The molecule has 1 heterocycles. The minimum Gasteiger partial charge on any atom is -0.503 e. The molecule has 5 nitrogen and oxygen atoms in total. The van der Waals surface area contributed by atoms with Gasteiger partial charge in [0.15, 0.2) is 11.5 Å². The van der Waals surface area contributed by atoms with Crippen LogP contribution in [0.1, 0.15) is 16.7 Å². The van der Waals surface area contributed by atoms with Gasteiger partial charge in [-0.15, -0.1) is 0 Å². The van der Waals surface area contributed by atoms with Crippen LogP contribution in [-0.2, 0) is 11.3 Å². The number of aryl methyl sites for hydroxylation is 1. The zero-order chi connectivity index (χ0) is 19.7. The first-order valence-electron chi connectivity index (χ1n) is 7.87. The summed E-state index contributed by atoms with van der Waals surface area (Å²) in [5.74, 6) is -0.133. The smallest absolute Gasteiger partial charge is 0.293 e. The van der Waals surface area contributed by atoms with Crippen LogP contribution in [0.25, 0.3) is 6.08 Å². The van der Waals surface area contributed by atoms with E-state index in [1.54, 1.807) is 12.1 Å². The molecule has 3 rings (SSSR count). The number of benzene rings is 2. The molecule has 2 aromatic carbocycles. The first kappa shape index (κ1) is 20.0. The molecule has 8 heteroatoms. The first-order valence-corrected chi connectivity index (χ1v) is 10.3. The van der Waals surface area contributed by atoms with Crippen molar-refractivity contribution in [2.24, 2.45) is 0 Å². The third-order valence-electron chi connectivity index (χ3n) is 3.98. The van der Waals surface area contributed by atoms with Gasteiger partial charge in [-0.1, -0.05) is 29.8 Å². The summed E-state index contributed by atoms with van der Waals surface area (Å²) in [6.45, 7) is 2.19. The molecule has 1 saturated heterocycles. The molecule has 1 aliphatic heterocycles. The molecule has 2 amide bonds. The zero-order valence-electron chi connectivity index (χ0n) is 14.5. The molecule has 0 radical (unpaired) electrons. The van der Waals surface area contributed by atoms with Gasteiger partial charge in [-0.3, -0.25) is 14.5 Å². The van der Waals surface area contributed by atoms with Gasteiger partial charge in [0.2, 0.25) is 0 Å². The molecule has 1 fully saturated rings. The molecular weight excluding hydrogens is 498 g/mol. The maximum absolute atomic E-state index is 12.7. The summed E-state index contributed by atoms with van der Waals surface area (Å²) < 4.78 is 6.12. The van der Waals surface area contributed by atoms with E-state index in [2.05, 4.69) is 31.9 Å². The Morgan fingerprint density at radius 3 is 2.63 bits per heavy atom. The van der Waals surface area contributed by atoms with Crippen molar-refractivity contribution in [3.63, 3.8) is 0 Å². The second kappa shape index (κ2) is 8.08. The molecule has 0 aliphatic carbocycles. The van der Waals surface area contributed by atoms with Crippen LogP contribution in [0.4, 0.5) is 4.79 Å². The number of hydrogen-bond acceptors (Lipinski definition) is 5. The molecule has 0 spiro atoms. The number of amides is 2. The second-order valence-corrected chi connectivity index (χ2v) is 8.48. The lowest BCUT2D eigenvalue weighted by Crippen LogP contribution is -2.27. The van der Waals surface area contributed by atoms with Gasteiger partial charge in [0.25, 0.3) is 11.1 Å². The first-order chi connectivity index (χ1) is 12.8. The molecule has 0 aromatic heterocycles. The summed E-state index contributed by atoms with van der Waals surface area (Å²) in [5.41, 5.74) is 2.58. The molecular formula is C19H15Br2NO4S. The number of ether oxygens (including phenoxy) is 1. The van der Waals surface area contributed by atoms with Crippen LogP contribution >= 0.6 is 43.6 Å². The normalized spacial score (nSPS) is 15.7. The number of halogens is 2. The maximum Gasteiger partial charge on any atom is 0.293 e. The third kappa shape index (κ3) is 4.07. The molecule has 2 aromatic rings. The van der Waals surface area contributed by atoms with Gasteiger partial charge in [0.1, 0.15) is 0 Å². The Morgan fingerprint density at radius 2 is 1.96 bits per heavy atom. The standard InChI is InChI=1S/C19H15Br2NO4S/c1-10-4-3-5-11(6-10)9-22-18(24)14(27-19(22)25)8-12-7-13(26-2)17(23)16(21)15(12)20/h3-8,23H,9H2,1-2H3/b14-8-. The second-order valence-electron chi connectivity index (χ2n) is 5.90. The number of aromatic hydroxyl groups is 1. The van der Waals surface area contributed by atoms with E-state index in [1.165, 1.54) is 12.0 Å². The van der Waals surface area contributed by atoms with E-state index in [1.807, 2.05) is 31.2 Å². The van der Waals surface area contributed by atoms with Gasteiger partial charge in [-0.2, -0.15) is 0 Å². The highest BCUT2D eigenvalue weighted by atomic mass is 79.9. The lowest BCUT2D eigenvalue weighted by molar-refractivity contribution is -0.123. The van der Waals surface area contributed by atoms with E-state index in [-0.39, 0.29) is 29.2 Å². The topological polar surface area (TPSA) is 66.8 Å². The molecule has 27 heavy (non-hydrogen) atoms. The van der Waals surface area contributed by atoms with Crippen molar-refractivity contribution in [3.05, 3.63) is 60.9 Å². The summed E-state index contributed by atoms with van der Waals surface area (Å²) in [7, 11) is 1.44. The van der Waals surface area contributed by atoms with Gasteiger partial charge in [-0.05, 0) is 73.8 Å². The summed E-state index contributed by atoms with van der Waals surface area (Å²) in [6, 6.07) is 9.30. The van der Waals surface area contributed by atoms with E-state index in [4.69, 9.17) is 4.74 Å².